The Morgan fingerprint density at radius 2 is 1.94 bits per heavy atom. The van der Waals surface area contributed by atoms with Gasteiger partial charge in [-0.05, 0) is 24.6 Å². The lowest BCUT2D eigenvalue weighted by molar-refractivity contribution is 0.663. The van der Waals surface area contributed by atoms with Crippen LogP contribution in [0.4, 0.5) is 0 Å². The van der Waals surface area contributed by atoms with E-state index in [1.54, 1.807) is 24.3 Å². The Labute approximate surface area is 115 Å². The molecule has 1 aromatic rings. The summed E-state index contributed by atoms with van der Waals surface area (Å²) in [5.41, 5.74) is 6.12. The molecule has 0 aliphatic rings. The molecule has 4 nitrogen and oxygen atoms in total. The number of rotatable bonds is 3. The minimum Gasteiger partial charge on any atom is -0.388 e. The predicted molar refractivity (Wildman–Crippen MR) is 70.5 cm³/mol. The van der Waals surface area contributed by atoms with Gasteiger partial charge >= 0.3 is 0 Å². The van der Waals surface area contributed by atoms with E-state index in [1.165, 1.54) is 0 Å². The number of hydrogen-bond donors (Lipinski definition) is 2. The van der Waals surface area contributed by atoms with Crippen LogP contribution in [0.25, 0.3) is 0 Å². The third kappa shape index (κ3) is 3.30. The molecule has 0 radical (unpaired) electrons. The summed E-state index contributed by atoms with van der Waals surface area (Å²) in [5, 5.41) is 21.2. The SMILES string of the molecule is CC(NC(C#N)=C(N)C#N)c1ccc(Cl)c(Cl)c1. The lowest BCUT2D eigenvalue weighted by Gasteiger charge is -2.15. The van der Waals surface area contributed by atoms with Crippen molar-refractivity contribution in [3.05, 3.63) is 45.2 Å². The average molecular weight is 281 g/mol. The van der Waals surface area contributed by atoms with E-state index in [2.05, 4.69) is 5.32 Å². The fourth-order valence-corrected chi connectivity index (χ4v) is 1.61. The Morgan fingerprint density at radius 3 is 2.44 bits per heavy atom. The zero-order valence-electron chi connectivity index (χ0n) is 9.54. The van der Waals surface area contributed by atoms with Crippen molar-refractivity contribution in [3.8, 4) is 12.1 Å². The minimum atomic E-state index is -0.221. The maximum absolute atomic E-state index is 8.87. The smallest absolute Gasteiger partial charge is 0.148 e. The van der Waals surface area contributed by atoms with Gasteiger partial charge in [0.05, 0.1) is 10.0 Å². The molecule has 0 spiro atoms. The first-order chi connectivity index (χ1) is 8.49. The molecule has 1 aromatic carbocycles. The van der Waals surface area contributed by atoms with Gasteiger partial charge in [-0.2, -0.15) is 10.5 Å². The van der Waals surface area contributed by atoms with Crippen LogP contribution in [0.15, 0.2) is 29.6 Å². The first-order valence-electron chi connectivity index (χ1n) is 5.01. The van der Waals surface area contributed by atoms with E-state index in [4.69, 9.17) is 39.5 Å². The first kappa shape index (κ1) is 14.2. The molecule has 0 saturated heterocycles. The standard InChI is InChI=1S/C12H10Cl2N4/c1-7(18-12(6-16)11(17)5-15)8-2-3-9(13)10(14)4-8/h2-4,7,18H,17H2,1H3. The zero-order chi connectivity index (χ0) is 13.7. The third-order valence-corrected chi connectivity index (χ3v) is 3.05. The van der Waals surface area contributed by atoms with E-state index in [0.717, 1.165) is 5.56 Å². The summed E-state index contributed by atoms with van der Waals surface area (Å²) in [4.78, 5) is 0. The number of hydrogen-bond acceptors (Lipinski definition) is 4. The predicted octanol–water partition coefficient (Wildman–Crippen LogP) is 2.86. The normalized spacial score (nSPS) is 12.9. The third-order valence-electron chi connectivity index (χ3n) is 2.31. The van der Waals surface area contributed by atoms with Gasteiger partial charge in [-0.25, -0.2) is 0 Å². The second-order valence-corrected chi connectivity index (χ2v) is 4.37. The zero-order valence-corrected chi connectivity index (χ0v) is 11.0. The molecular weight excluding hydrogens is 271 g/mol. The summed E-state index contributed by atoms with van der Waals surface area (Å²) >= 11 is 11.7. The lowest BCUT2D eigenvalue weighted by Crippen LogP contribution is -2.20. The van der Waals surface area contributed by atoms with Gasteiger partial charge in [0, 0.05) is 6.04 Å². The van der Waals surface area contributed by atoms with E-state index in [0.29, 0.717) is 10.0 Å². The van der Waals surface area contributed by atoms with Crippen LogP contribution in [0.1, 0.15) is 18.5 Å². The van der Waals surface area contributed by atoms with Crippen molar-refractivity contribution in [3.63, 3.8) is 0 Å². The van der Waals surface area contributed by atoms with Crippen molar-refractivity contribution >= 4 is 23.2 Å². The summed E-state index contributed by atoms with van der Waals surface area (Å²) in [6, 6.07) is 8.48. The molecule has 1 unspecified atom stereocenters. The van der Waals surface area contributed by atoms with Gasteiger partial charge in [-0.1, -0.05) is 29.3 Å². The second kappa shape index (κ2) is 6.16. The molecule has 92 valence electrons. The summed E-state index contributed by atoms with van der Waals surface area (Å²) in [5.74, 6) is 0. The maximum Gasteiger partial charge on any atom is 0.148 e. The highest BCUT2D eigenvalue weighted by Gasteiger charge is 2.11. The monoisotopic (exact) mass is 280 g/mol. The Kier molecular flexibility index (Phi) is 4.85. The number of nitriles is 2. The number of halogens is 2. The molecule has 0 aliphatic heterocycles. The van der Waals surface area contributed by atoms with Crippen LogP contribution in [0.3, 0.4) is 0 Å². The summed E-state index contributed by atoms with van der Waals surface area (Å²) in [6.45, 7) is 1.82. The minimum absolute atomic E-state index is 0.0380. The molecule has 0 aliphatic carbocycles. The first-order valence-corrected chi connectivity index (χ1v) is 5.76. The van der Waals surface area contributed by atoms with Crippen LogP contribution < -0.4 is 11.1 Å². The summed E-state index contributed by atoms with van der Waals surface area (Å²) < 4.78 is 0. The lowest BCUT2D eigenvalue weighted by atomic mass is 10.1. The van der Waals surface area contributed by atoms with Gasteiger partial charge in [-0.15, -0.1) is 0 Å². The van der Waals surface area contributed by atoms with Crippen LogP contribution in [-0.4, -0.2) is 0 Å². The van der Waals surface area contributed by atoms with Crippen LogP contribution in [0.2, 0.25) is 10.0 Å². The fourth-order valence-electron chi connectivity index (χ4n) is 1.31. The largest absolute Gasteiger partial charge is 0.388 e. The van der Waals surface area contributed by atoms with E-state index >= 15 is 0 Å². The number of nitrogens with zero attached hydrogens (tertiary/aromatic N) is 2. The Bertz CT molecular complexity index is 566. The fraction of sp³-hybridized carbons (Fsp3) is 0.167. The molecule has 0 heterocycles. The van der Waals surface area contributed by atoms with Gasteiger partial charge in [0.15, 0.2) is 0 Å². The molecule has 0 aromatic heterocycles. The molecule has 0 amide bonds. The van der Waals surface area contributed by atoms with Crippen LogP contribution in [-0.2, 0) is 0 Å². The van der Waals surface area contributed by atoms with Gasteiger partial charge in [-0.3, -0.25) is 0 Å². The summed E-state index contributed by atoms with van der Waals surface area (Å²) in [6.07, 6.45) is 0. The van der Waals surface area contributed by atoms with Crippen LogP contribution in [0.5, 0.6) is 0 Å². The van der Waals surface area contributed by atoms with E-state index < -0.39 is 0 Å². The topological polar surface area (TPSA) is 85.6 Å². The summed E-state index contributed by atoms with van der Waals surface area (Å²) in [7, 11) is 0. The van der Waals surface area contributed by atoms with Crippen molar-refractivity contribution in [2.45, 2.75) is 13.0 Å². The van der Waals surface area contributed by atoms with Crippen LogP contribution >= 0.6 is 23.2 Å². The second-order valence-electron chi connectivity index (χ2n) is 3.55. The van der Waals surface area contributed by atoms with Gasteiger partial charge in [0.1, 0.15) is 23.5 Å². The molecule has 3 N–H and O–H groups in total. The van der Waals surface area contributed by atoms with E-state index in [-0.39, 0.29) is 17.4 Å². The van der Waals surface area contributed by atoms with Gasteiger partial charge < -0.3 is 11.1 Å². The van der Waals surface area contributed by atoms with Crippen molar-refractivity contribution in [1.82, 2.24) is 5.32 Å². The highest BCUT2D eigenvalue weighted by Crippen LogP contribution is 2.25. The van der Waals surface area contributed by atoms with Gasteiger partial charge in [0.25, 0.3) is 0 Å². The van der Waals surface area contributed by atoms with Crippen molar-refractivity contribution in [1.29, 1.82) is 10.5 Å². The van der Waals surface area contributed by atoms with Crippen molar-refractivity contribution in [2.24, 2.45) is 5.73 Å². The number of nitrogens with one attached hydrogen (secondary N) is 1. The Morgan fingerprint density at radius 1 is 1.28 bits per heavy atom. The molecule has 0 bridgehead atoms. The number of nitrogens with two attached hydrogens (primary N) is 1. The highest BCUT2D eigenvalue weighted by molar-refractivity contribution is 6.42. The molecule has 0 fully saturated rings. The molecule has 1 atom stereocenters. The molecule has 6 heteroatoms. The van der Waals surface area contributed by atoms with Crippen LogP contribution in [0, 0.1) is 22.7 Å². The maximum atomic E-state index is 8.87. The van der Waals surface area contributed by atoms with E-state index in [9.17, 15) is 0 Å². The molecular formula is C12H10Cl2N4. The highest BCUT2D eigenvalue weighted by atomic mass is 35.5. The van der Waals surface area contributed by atoms with Gasteiger partial charge in [0.2, 0.25) is 0 Å². The van der Waals surface area contributed by atoms with Crippen molar-refractivity contribution < 1.29 is 0 Å². The quantitative estimate of drug-likeness (QED) is 0.834. The Hall–Kier alpha value is -1.88. The number of allylic oxidation sites excluding steroid dienone is 2. The average Bonchev–Trinajstić information content (AvgIpc) is 2.37. The van der Waals surface area contributed by atoms with Crippen molar-refractivity contribution in [2.75, 3.05) is 0 Å². The molecule has 0 saturated carbocycles. The molecule has 18 heavy (non-hydrogen) atoms. The van der Waals surface area contributed by atoms with E-state index in [1.807, 2.05) is 13.0 Å². The number of benzene rings is 1. The molecule has 1 rings (SSSR count). The Balaban J connectivity index is 2.96.